The lowest BCUT2D eigenvalue weighted by atomic mass is 9.83. The number of hydrogen-bond acceptors (Lipinski definition) is 4. The smallest absolute Gasteiger partial charge is 0.341 e. The van der Waals surface area contributed by atoms with Crippen molar-refractivity contribution in [2.24, 2.45) is 17.6 Å². The van der Waals surface area contributed by atoms with Crippen molar-refractivity contribution in [2.75, 3.05) is 18.0 Å². The lowest BCUT2D eigenvalue weighted by Crippen LogP contribution is -2.35. The molecule has 2 aromatic rings. The third-order valence-corrected chi connectivity index (χ3v) is 6.40. The van der Waals surface area contributed by atoms with Gasteiger partial charge in [-0.2, -0.15) is 0 Å². The minimum absolute atomic E-state index is 0.0185. The first-order chi connectivity index (χ1) is 13.4. The molecule has 2 heterocycles. The maximum Gasteiger partial charge on any atom is 0.341 e. The molecule has 2 aliphatic carbocycles. The van der Waals surface area contributed by atoms with E-state index >= 15 is 4.39 Å². The maximum atomic E-state index is 15.0. The molecule has 1 saturated carbocycles. The number of nitrogens with two attached hydrogens (primary N) is 1. The Kier molecular flexibility index (Phi) is 3.84. The van der Waals surface area contributed by atoms with E-state index in [1.807, 2.05) is 15.5 Å². The summed E-state index contributed by atoms with van der Waals surface area (Å²) in [6, 6.07) is 3.07. The number of carboxylic acids is 1. The largest absolute Gasteiger partial charge is 0.477 e. The number of aromatic nitrogens is 1. The molecule has 0 radical (unpaired) electrons. The number of halogens is 1. The fourth-order valence-electron chi connectivity index (χ4n) is 4.74. The summed E-state index contributed by atoms with van der Waals surface area (Å²) in [5.41, 5.74) is 6.34. The molecule has 0 amide bonds. The van der Waals surface area contributed by atoms with Crippen LogP contribution < -0.4 is 16.1 Å². The van der Waals surface area contributed by atoms with Crippen LogP contribution in [0.5, 0.6) is 0 Å². The van der Waals surface area contributed by atoms with Crippen molar-refractivity contribution < 1.29 is 14.3 Å². The minimum Gasteiger partial charge on any atom is -0.477 e. The molecular weight excluding hydrogens is 361 g/mol. The van der Waals surface area contributed by atoms with Crippen molar-refractivity contribution in [3.8, 4) is 0 Å². The summed E-state index contributed by atoms with van der Waals surface area (Å²) in [4.78, 5) is 26.1. The monoisotopic (exact) mass is 383 g/mol. The highest BCUT2D eigenvalue weighted by molar-refractivity contribution is 5.93. The molecule has 1 aliphatic heterocycles. The van der Waals surface area contributed by atoms with Gasteiger partial charge >= 0.3 is 5.97 Å². The third-order valence-electron chi connectivity index (χ3n) is 6.40. The lowest BCUT2D eigenvalue weighted by molar-refractivity contribution is 0.0695. The standard InChI is InChI=1S/C21H22FN3O3/c22-16-6-13-18(25(12-4-5-12)10-15(20(13)26)21(27)28)7-19(16)24-8-11-2-1-3-17(23)14(11)9-24/h1,3,6-7,10-12,14,17H,2,4-5,8-9,23H2,(H,27,28)/t11-,14+,17-/m1/s1. The molecular formula is C21H22FN3O3. The Hall–Kier alpha value is -2.67. The molecule has 3 aliphatic rings. The number of aromatic carboxylic acids is 1. The fourth-order valence-corrected chi connectivity index (χ4v) is 4.74. The SMILES string of the molecule is N[C@@H]1C=CC[C@@H]2CN(c3cc4c(cc3F)c(=O)c(C(=O)O)cn4C3CC3)C[C@@H]21. The molecule has 5 rings (SSSR count). The van der Waals surface area contributed by atoms with Crippen LogP contribution in [-0.4, -0.2) is 34.8 Å². The number of anilines is 1. The second kappa shape index (κ2) is 6.17. The van der Waals surface area contributed by atoms with Gasteiger partial charge in [-0.1, -0.05) is 12.2 Å². The second-order valence-corrected chi connectivity index (χ2v) is 8.21. The van der Waals surface area contributed by atoms with Crippen LogP contribution in [-0.2, 0) is 0 Å². The quantitative estimate of drug-likeness (QED) is 0.795. The van der Waals surface area contributed by atoms with E-state index in [-0.39, 0.29) is 23.0 Å². The van der Waals surface area contributed by atoms with E-state index in [2.05, 4.69) is 6.08 Å². The van der Waals surface area contributed by atoms with Crippen molar-refractivity contribution >= 4 is 22.6 Å². The number of pyridine rings is 1. The predicted molar refractivity (Wildman–Crippen MR) is 104 cm³/mol. The van der Waals surface area contributed by atoms with Gasteiger partial charge in [0.2, 0.25) is 5.43 Å². The normalized spacial score (nSPS) is 26.6. The van der Waals surface area contributed by atoms with E-state index in [0.29, 0.717) is 29.6 Å². The Morgan fingerprint density at radius 2 is 2.04 bits per heavy atom. The van der Waals surface area contributed by atoms with E-state index in [4.69, 9.17) is 5.73 Å². The number of hydrogen-bond donors (Lipinski definition) is 2. The Bertz CT molecular complexity index is 1070. The molecule has 1 saturated heterocycles. The van der Waals surface area contributed by atoms with E-state index in [0.717, 1.165) is 25.8 Å². The number of nitrogens with zero attached hydrogens (tertiary/aromatic N) is 2. The van der Waals surface area contributed by atoms with Crippen molar-refractivity contribution in [2.45, 2.75) is 31.3 Å². The Balaban J connectivity index is 1.63. The number of rotatable bonds is 3. The van der Waals surface area contributed by atoms with Crippen LogP contribution in [0.25, 0.3) is 10.9 Å². The van der Waals surface area contributed by atoms with Crippen LogP contribution in [0.2, 0.25) is 0 Å². The average molecular weight is 383 g/mol. The highest BCUT2D eigenvalue weighted by atomic mass is 19.1. The van der Waals surface area contributed by atoms with Crippen LogP contribution in [0.4, 0.5) is 10.1 Å². The zero-order valence-corrected chi connectivity index (χ0v) is 15.3. The molecule has 1 aromatic carbocycles. The molecule has 0 bridgehead atoms. The van der Waals surface area contributed by atoms with E-state index < -0.39 is 17.2 Å². The summed E-state index contributed by atoms with van der Waals surface area (Å²) in [7, 11) is 0. The highest BCUT2D eigenvalue weighted by Crippen LogP contribution is 2.40. The number of benzene rings is 1. The zero-order chi connectivity index (χ0) is 19.6. The van der Waals surface area contributed by atoms with Gasteiger partial charge in [0.25, 0.3) is 0 Å². The number of carboxylic acid groups (broad SMARTS) is 1. The molecule has 7 heteroatoms. The van der Waals surface area contributed by atoms with E-state index in [1.54, 1.807) is 6.07 Å². The topological polar surface area (TPSA) is 88.6 Å². The highest BCUT2D eigenvalue weighted by Gasteiger charge is 2.38. The van der Waals surface area contributed by atoms with Crippen molar-refractivity contribution in [1.82, 2.24) is 4.57 Å². The molecule has 0 spiro atoms. The van der Waals surface area contributed by atoms with Gasteiger partial charge in [0.15, 0.2) is 0 Å². The van der Waals surface area contributed by atoms with Crippen LogP contribution >= 0.6 is 0 Å². The van der Waals surface area contributed by atoms with Crippen molar-refractivity contribution in [3.05, 3.63) is 52.1 Å². The molecule has 6 nitrogen and oxygen atoms in total. The molecule has 3 atom stereocenters. The summed E-state index contributed by atoms with van der Waals surface area (Å²) in [6.07, 6.45) is 8.34. The van der Waals surface area contributed by atoms with Gasteiger partial charge in [-0.25, -0.2) is 9.18 Å². The van der Waals surface area contributed by atoms with Gasteiger partial charge in [0.1, 0.15) is 11.4 Å². The van der Waals surface area contributed by atoms with Crippen molar-refractivity contribution in [3.63, 3.8) is 0 Å². The zero-order valence-electron chi connectivity index (χ0n) is 15.3. The molecule has 28 heavy (non-hydrogen) atoms. The summed E-state index contributed by atoms with van der Waals surface area (Å²) < 4.78 is 16.9. The number of carbonyl (C=O) groups is 1. The first-order valence-electron chi connectivity index (χ1n) is 9.73. The molecule has 2 fully saturated rings. The molecule has 0 unspecified atom stereocenters. The summed E-state index contributed by atoms with van der Waals surface area (Å²) in [5.74, 6) is -1.08. The Morgan fingerprint density at radius 3 is 2.71 bits per heavy atom. The molecule has 3 N–H and O–H groups in total. The maximum absolute atomic E-state index is 15.0. The van der Waals surface area contributed by atoms with Gasteiger partial charge in [-0.05, 0) is 43.2 Å². The summed E-state index contributed by atoms with van der Waals surface area (Å²) >= 11 is 0. The Morgan fingerprint density at radius 1 is 1.25 bits per heavy atom. The van der Waals surface area contributed by atoms with Crippen LogP contribution in [0, 0.1) is 17.7 Å². The second-order valence-electron chi connectivity index (χ2n) is 8.21. The average Bonchev–Trinajstić information content (AvgIpc) is 3.40. The lowest BCUT2D eigenvalue weighted by Gasteiger charge is -2.25. The van der Waals surface area contributed by atoms with Crippen molar-refractivity contribution in [1.29, 1.82) is 0 Å². The molecule has 146 valence electrons. The molecule has 1 aromatic heterocycles. The number of fused-ring (bicyclic) bond motifs is 2. The number of allylic oxidation sites excluding steroid dienone is 1. The van der Waals surface area contributed by atoms with E-state index in [9.17, 15) is 14.7 Å². The summed E-state index contributed by atoms with van der Waals surface area (Å²) in [5, 5.41) is 9.49. The van der Waals surface area contributed by atoms with Crippen LogP contribution in [0.3, 0.4) is 0 Å². The van der Waals surface area contributed by atoms with Crippen LogP contribution in [0.15, 0.2) is 35.3 Å². The van der Waals surface area contributed by atoms with Gasteiger partial charge in [0, 0.05) is 36.8 Å². The van der Waals surface area contributed by atoms with Crippen LogP contribution in [0.1, 0.15) is 35.7 Å². The predicted octanol–water partition coefficient (Wildman–Crippen LogP) is 2.51. The van der Waals surface area contributed by atoms with Gasteiger partial charge in [-0.3, -0.25) is 4.79 Å². The van der Waals surface area contributed by atoms with E-state index in [1.165, 1.54) is 12.3 Å². The third kappa shape index (κ3) is 2.64. The Labute approximate surface area is 161 Å². The van der Waals surface area contributed by atoms with Gasteiger partial charge < -0.3 is 20.3 Å². The first kappa shape index (κ1) is 17.4. The van der Waals surface area contributed by atoms with Gasteiger partial charge in [-0.15, -0.1) is 0 Å². The first-order valence-corrected chi connectivity index (χ1v) is 9.73. The minimum atomic E-state index is -1.28. The van der Waals surface area contributed by atoms with Gasteiger partial charge in [0.05, 0.1) is 11.2 Å². The summed E-state index contributed by atoms with van der Waals surface area (Å²) in [6.45, 7) is 1.41. The fraction of sp³-hybridized carbons (Fsp3) is 0.429.